The van der Waals surface area contributed by atoms with Crippen LogP contribution in [0, 0.1) is 11.7 Å². The Morgan fingerprint density at radius 2 is 2.10 bits per heavy atom. The van der Waals surface area contributed by atoms with Crippen LogP contribution in [-0.4, -0.2) is 56.1 Å². The SMILES string of the molecule is O=C(OCc1ccc(F)cc1)N1CC[C@H](CNc2nccn3cnnc23)C(F)(F)C1. The van der Waals surface area contributed by atoms with Gasteiger partial charge in [-0.25, -0.2) is 22.9 Å². The standard InChI is InChI=1S/C19H19F3N6O2/c20-15-3-1-13(2-4-15)10-30-18(29)27-7-5-14(19(21,22)11-27)9-24-16-17-26-25-12-28(17)8-6-23-16/h1-4,6,8,12,14H,5,7,9-11H2,(H,23,24)/t14-/m1/s1. The minimum Gasteiger partial charge on any atom is -0.445 e. The van der Waals surface area contributed by atoms with Crippen molar-refractivity contribution in [3.8, 4) is 0 Å². The minimum absolute atomic E-state index is 0.0228. The fourth-order valence-corrected chi connectivity index (χ4v) is 3.31. The van der Waals surface area contributed by atoms with Crippen LogP contribution in [0.1, 0.15) is 12.0 Å². The number of nitrogens with zero attached hydrogens (tertiary/aromatic N) is 5. The van der Waals surface area contributed by atoms with Gasteiger partial charge in [-0.15, -0.1) is 10.2 Å². The topological polar surface area (TPSA) is 84.7 Å². The molecule has 1 aliphatic rings. The lowest BCUT2D eigenvalue weighted by molar-refractivity contribution is -0.101. The zero-order chi connectivity index (χ0) is 21.1. The normalized spacial score (nSPS) is 18.4. The van der Waals surface area contributed by atoms with Crippen molar-refractivity contribution in [3.63, 3.8) is 0 Å². The fourth-order valence-electron chi connectivity index (χ4n) is 3.31. The van der Waals surface area contributed by atoms with Crippen LogP contribution in [0.25, 0.3) is 5.65 Å². The number of alkyl halides is 2. The van der Waals surface area contributed by atoms with Gasteiger partial charge >= 0.3 is 6.09 Å². The summed E-state index contributed by atoms with van der Waals surface area (Å²) in [5.74, 6) is -4.12. The lowest BCUT2D eigenvalue weighted by Crippen LogP contribution is -2.52. The van der Waals surface area contributed by atoms with E-state index in [4.69, 9.17) is 4.74 Å². The summed E-state index contributed by atoms with van der Waals surface area (Å²) in [5, 5.41) is 10.6. The number of likely N-dealkylation sites (tertiary alicyclic amines) is 1. The van der Waals surface area contributed by atoms with E-state index in [1.54, 1.807) is 10.6 Å². The van der Waals surface area contributed by atoms with Gasteiger partial charge in [-0.1, -0.05) is 12.1 Å². The maximum atomic E-state index is 14.7. The monoisotopic (exact) mass is 420 g/mol. The van der Waals surface area contributed by atoms with Gasteiger partial charge in [0.25, 0.3) is 5.92 Å². The molecule has 1 saturated heterocycles. The van der Waals surface area contributed by atoms with Crippen molar-refractivity contribution in [2.75, 3.05) is 25.0 Å². The van der Waals surface area contributed by atoms with Gasteiger partial charge in [-0.05, 0) is 24.1 Å². The van der Waals surface area contributed by atoms with E-state index in [1.807, 2.05) is 0 Å². The third-order valence-corrected chi connectivity index (χ3v) is 5.01. The number of carbonyl (C=O) groups excluding carboxylic acids is 1. The van der Waals surface area contributed by atoms with Crippen molar-refractivity contribution >= 4 is 17.6 Å². The number of rotatable bonds is 5. The zero-order valence-electron chi connectivity index (χ0n) is 15.8. The minimum atomic E-state index is -3.10. The second-order valence-electron chi connectivity index (χ2n) is 7.07. The summed E-state index contributed by atoms with van der Waals surface area (Å²) in [7, 11) is 0. The molecular weight excluding hydrogens is 401 g/mol. The number of anilines is 1. The summed E-state index contributed by atoms with van der Waals surface area (Å²) in [6.07, 6.45) is 3.95. The molecule has 1 N–H and O–H groups in total. The average molecular weight is 420 g/mol. The van der Waals surface area contributed by atoms with Crippen LogP contribution in [0.4, 0.5) is 23.8 Å². The van der Waals surface area contributed by atoms with Gasteiger partial charge in [-0.3, -0.25) is 4.40 Å². The molecule has 0 spiro atoms. The maximum Gasteiger partial charge on any atom is 0.410 e. The molecule has 1 aliphatic heterocycles. The highest BCUT2D eigenvalue weighted by atomic mass is 19.3. The van der Waals surface area contributed by atoms with Crippen LogP contribution < -0.4 is 5.32 Å². The third-order valence-electron chi connectivity index (χ3n) is 5.01. The molecule has 1 aromatic carbocycles. The van der Waals surface area contributed by atoms with E-state index in [-0.39, 0.29) is 26.1 Å². The maximum absolute atomic E-state index is 14.7. The summed E-state index contributed by atoms with van der Waals surface area (Å²) in [4.78, 5) is 17.3. The number of nitrogens with one attached hydrogen (secondary N) is 1. The van der Waals surface area contributed by atoms with Crippen LogP contribution in [0.15, 0.2) is 43.0 Å². The zero-order valence-corrected chi connectivity index (χ0v) is 15.8. The van der Waals surface area contributed by atoms with Gasteiger partial charge in [0, 0.05) is 31.4 Å². The molecule has 3 aromatic rings. The average Bonchev–Trinajstić information content (AvgIpc) is 3.21. The molecule has 8 nitrogen and oxygen atoms in total. The van der Waals surface area contributed by atoms with Crippen molar-refractivity contribution in [1.82, 2.24) is 24.5 Å². The van der Waals surface area contributed by atoms with Crippen molar-refractivity contribution in [2.24, 2.45) is 5.92 Å². The molecule has 0 bridgehead atoms. The Morgan fingerprint density at radius 1 is 1.30 bits per heavy atom. The molecule has 1 atom stereocenters. The summed E-state index contributed by atoms with van der Waals surface area (Å²) in [6, 6.07) is 5.42. The Labute approximate surface area is 169 Å². The van der Waals surface area contributed by atoms with Gasteiger partial charge in [0.15, 0.2) is 5.82 Å². The predicted octanol–water partition coefficient (Wildman–Crippen LogP) is 2.97. The van der Waals surface area contributed by atoms with Gasteiger partial charge < -0.3 is 15.0 Å². The number of piperidine rings is 1. The van der Waals surface area contributed by atoms with Gasteiger partial charge in [0.2, 0.25) is 5.65 Å². The first kappa shape index (κ1) is 19.9. The molecule has 11 heteroatoms. The molecule has 0 aliphatic carbocycles. The molecule has 158 valence electrons. The summed E-state index contributed by atoms with van der Waals surface area (Å²) in [5.41, 5.74) is 1.02. The number of ether oxygens (including phenoxy) is 1. The van der Waals surface area contributed by atoms with E-state index in [1.165, 1.54) is 36.8 Å². The Morgan fingerprint density at radius 3 is 2.87 bits per heavy atom. The fraction of sp³-hybridized carbons (Fsp3) is 0.368. The summed E-state index contributed by atoms with van der Waals surface area (Å²) < 4.78 is 49.0. The highest BCUT2D eigenvalue weighted by molar-refractivity contribution is 5.68. The van der Waals surface area contributed by atoms with E-state index < -0.39 is 30.3 Å². The van der Waals surface area contributed by atoms with Crippen molar-refractivity contribution in [1.29, 1.82) is 0 Å². The number of hydrogen-bond acceptors (Lipinski definition) is 6. The largest absolute Gasteiger partial charge is 0.445 e. The predicted molar refractivity (Wildman–Crippen MR) is 100 cm³/mol. The molecule has 2 aromatic heterocycles. The quantitative estimate of drug-likeness (QED) is 0.683. The highest BCUT2D eigenvalue weighted by Gasteiger charge is 2.46. The Balaban J connectivity index is 1.32. The lowest BCUT2D eigenvalue weighted by Gasteiger charge is -2.37. The number of aromatic nitrogens is 4. The van der Waals surface area contributed by atoms with Crippen LogP contribution in [0.2, 0.25) is 0 Å². The number of fused-ring (bicyclic) bond motifs is 1. The van der Waals surface area contributed by atoms with Gasteiger partial charge in [0.1, 0.15) is 18.8 Å². The molecule has 0 saturated carbocycles. The Hall–Kier alpha value is -3.37. The molecule has 4 rings (SSSR count). The molecule has 1 amide bonds. The number of amides is 1. The van der Waals surface area contributed by atoms with E-state index in [0.29, 0.717) is 17.0 Å². The second-order valence-corrected chi connectivity index (χ2v) is 7.07. The Kier molecular flexibility index (Phi) is 5.42. The molecular formula is C19H19F3N6O2. The van der Waals surface area contributed by atoms with E-state index in [9.17, 15) is 18.0 Å². The molecule has 30 heavy (non-hydrogen) atoms. The number of hydrogen-bond donors (Lipinski definition) is 1. The van der Waals surface area contributed by atoms with E-state index in [2.05, 4.69) is 20.5 Å². The summed E-state index contributed by atoms with van der Waals surface area (Å²) >= 11 is 0. The highest BCUT2D eigenvalue weighted by Crippen LogP contribution is 2.33. The van der Waals surface area contributed by atoms with Crippen LogP contribution in [-0.2, 0) is 11.3 Å². The first-order chi connectivity index (χ1) is 14.4. The van der Waals surface area contributed by atoms with E-state index in [0.717, 1.165) is 4.90 Å². The smallest absolute Gasteiger partial charge is 0.410 e. The van der Waals surface area contributed by atoms with Gasteiger partial charge in [0.05, 0.1) is 6.54 Å². The number of carbonyl (C=O) groups is 1. The first-order valence-electron chi connectivity index (χ1n) is 9.34. The number of benzene rings is 1. The Bertz CT molecular complexity index is 1030. The third kappa shape index (κ3) is 4.29. The van der Waals surface area contributed by atoms with Crippen molar-refractivity contribution in [3.05, 3.63) is 54.4 Å². The lowest BCUT2D eigenvalue weighted by atomic mass is 9.93. The second kappa shape index (κ2) is 8.17. The molecule has 0 unspecified atom stereocenters. The first-order valence-corrected chi connectivity index (χ1v) is 9.34. The summed E-state index contributed by atoms with van der Waals surface area (Å²) in [6.45, 7) is -0.720. The van der Waals surface area contributed by atoms with Gasteiger partial charge in [-0.2, -0.15) is 0 Å². The molecule has 1 fully saturated rings. The van der Waals surface area contributed by atoms with E-state index >= 15 is 0 Å². The van der Waals surface area contributed by atoms with Crippen LogP contribution in [0.5, 0.6) is 0 Å². The molecule has 0 radical (unpaired) electrons. The molecule has 3 heterocycles. The van der Waals surface area contributed by atoms with Crippen molar-refractivity contribution in [2.45, 2.75) is 19.0 Å². The van der Waals surface area contributed by atoms with Crippen LogP contribution >= 0.6 is 0 Å². The van der Waals surface area contributed by atoms with Crippen molar-refractivity contribution < 1.29 is 22.7 Å². The number of halogens is 3. The van der Waals surface area contributed by atoms with Crippen LogP contribution in [0.3, 0.4) is 0 Å².